The first-order chi connectivity index (χ1) is 9.69. The number of halogens is 1. The number of ether oxygens (including phenoxy) is 1. The minimum Gasteiger partial charge on any atom is -0.389 e. The molecule has 20 heavy (non-hydrogen) atoms. The lowest BCUT2D eigenvalue weighted by Gasteiger charge is -2.17. The Morgan fingerprint density at radius 1 is 1.40 bits per heavy atom. The van der Waals surface area contributed by atoms with Crippen LogP contribution in [0.25, 0.3) is 0 Å². The first kappa shape index (κ1) is 15.8. The Morgan fingerprint density at radius 2 is 2.15 bits per heavy atom. The van der Waals surface area contributed by atoms with Gasteiger partial charge in [0.15, 0.2) is 0 Å². The second-order valence-corrected chi connectivity index (χ2v) is 6.35. The molecule has 0 saturated heterocycles. The van der Waals surface area contributed by atoms with E-state index < -0.39 is 6.10 Å². The maximum atomic E-state index is 9.99. The standard InChI is InChI=1S/C16H24BrNO2/c1-2-12-9-13(17)7-8-16(12)18-10-14(19)11-20-15-5-3-4-6-15/h7-9,14-15,18-19H,2-6,10-11H2,1H3. The molecule has 2 N–H and O–H groups in total. The molecular formula is C16H24BrNO2. The predicted molar refractivity (Wildman–Crippen MR) is 86.2 cm³/mol. The van der Waals surface area contributed by atoms with E-state index in [9.17, 15) is 5.11 Å². The van der Waals surface area contributed by atoms with Crippen LogP contribution < -0.4 is 5.32 Å². The summed E-state index contributed by atoms with van der Waals surface area (Å²) in [6.07, 6.45) is 5.69. The predicted octanol–water partition coefficient (Wildman–Crippen LogP) is 3.74. The molecule has 1 aromatic carbocycles. The van der Waals surface area contributed by atoms with Crippen LogP contribution >= 0.6 is 15.9 Å². The van der Waals surface area contributed by atoms with Gasteiger partial charge < -0.3 is 15.2 Å². The summed E-state index contributed by atoms with van der Waals surface area (Å²) in [7, 11) is 0. The van der Waals surface area contributed by atoms with E-state index in [2.05, 4.69) is 34.2 Å². The summed E-state index contributed by atoms with van der Waals surface area (Å²) >= 11 is 3.48. The van der Waals surface area contributed by atoms with Crippen LogP contribution in [0.15, 0.2) is 22.7 Å². The Balaban J connectivity index is 1.76. The number of aliphatic hydroxyl groups excluding tert-OH is 1. The van der Waals surface area contributed by atoms with Crippen molar-refractivity contribution in [3.8, 4) is 0 Å². The molecule has 1 unspecified atom stereocenters. The summed E-state index contributed by atoms with van der Waals surface area (Å²) in [4.78, 5) is 0. The van der Waals surface area contributed by atoms with E-state index in [1.165, 1.54) is 18.4 Å². The highest BCUT2D eigenvalue weighted by Gasteiger charge is 2.16. The third kappa shape index (κ3) is 4.76. The molecule has 1 saturated carbocycles. The van der Waals surface area contributed by atoms with Crippen molar-refractivity contribution in [1.29, 1.82) is 0 Å². The number of hydrogen-bond donors (Lipinski definition) is 2. The smallest absolute Gasteiger partial charge is 0.0945 e. The molecule has 0 heterocycles. The third-order valence-electron chi connectivity index (χ3n) is 3.80. The molecule has 1 fully saturated rings. The van der Waals surface area contributed by atoms with Gasteiger partial charge in [-0.05, 0) is 43.0 Å². The zero-order valence-corrected chi connectivity index (χ0v) is 13.7. The molecule has 1 aromatic rings. The quantitative estimate of drug-likeness (QED) is 0.793. The first-order valence-electron chi connectivity index (χ1n) is 7.51. The van der Waals surface area contributed by atoms with Gasteiger partial charge in [0.1, 0.15) is 0 Å². The lowest BCUT2D eigenvalue weighted by molar-refractivity contribution is -0.00117. The van der Waals surface area contributed by atoms with Crippen molar-refractivity contribution >= 4 is 21.6 Å². The topological polar surface area (TPSA) is 41.5 Å². The Bertz CT molecular complexity index is 419. The van der Waals surface area contributed by atoms with Crippen molar-refractivity contribution in [1.82, 2.24) is 0 Å². The summed E-state index contributed by atoms with van der Waals surface area (Å²) < 4.78 is 6.82. The van der Waals surface area contributed by atoms with E-state index in [4.69, 9.17) is 4.74 Å². The van der Waals surface area contributed by atoms with E-state index in [1.54, 1.807) is 0 Å². The van der Waals surface area contributed by atoms with Crippen LogP contribution in [-0.2, 0) is 11.2 Å². The largest absolute Gasteiger partial charge is 0.389 e. The van der Waals surface area contributed by atoms with Gasteiger partial charge in [-0.15, -0.1) is 0 Å². The SMILES string of the molecule is CCc1cc(Br)ccc1NCC(O)COC1CCCC1. The van der Waals surface area contributed by atoms with Gasteiger partial charge in [0.05, 0.1) is 18.8 Å². The van der Waals surface area contributed by atoms with Crippen LogP contribution in [0, 0.1) is 0 Å². The van der Waals surface area contributed by atoms with Crippen LogP contribution in [-0.4, -0.2) is 30.5 Å². The number of anilines is 1. The van der Waals surface area contributed by atoms with Crippen LogP contribution in [0.2, 0.25) is 0 Å². The molecule has 0 aliphatic heterocycles. The summed E-state index contributed by atoms with van der Waals surface area (Å²) in [5.74, 6) is 0. The zero-order chi connectivity index (χ0) is 14.4. The monoisotopic (exact) mass is 341 g/mol. The van der Waals surface area contributed by atoms with Crippen molar-refractivity contribution in [3.05, 3.63) is 28.2 Å². The lowest BCUT2D eigenvalue weighted by atomic mass is 10.1. The highest BCUT2D eigenvalue weighted by atomic mass is 79.9. The van der Waals surface area contributed by atoms with Crippen molar-refractivity contribution in [2.24, 2.45) is 0 Å². The molecule has 1 aliphatic carbocycles. The van der Waals surface area contributed by atoms with Gasteiger partial charge in [-0.25, -0.2) is 0 Å². The molecule has 3 nitrogen and oxygen atoms in total. The number of nitrogens with one attached hydrogen (secondary N) is 1. The number of aliphatic hydroxyl groups is 1. The fourth-order valence-electron chi connectivity index (χ4n) is 2.62. The zero-order valence-electron chi connectivity index (χ0n) is 12.1. The van der Waals surface area contributed by atoms with Crippen LogP contribution in [0.1, 0.15) is 38.2 Å². The van der Waals surface area contributed by atoms with Crippen LogP contribution in [0.5, 0.6) is 0 Å². The number of benzene rings is 1. The molecule has 2 rings (SSSR count). The van der Waals surface area contributed by atoms with Gasteiger partial charge in [-0.3, -0.25) is 0 Å². The molecule has 0 amide bonds. The molecular weight excluding hydrogens is 318 g/mol. The van der Waals surface area contributed by atoms with Gasteiger partial charge in [0.25, 0.3) is 0 Å². The normalized spacial score (nSPS) is 17.4. The second kappa shape index (κ2) is 8.01. The molecule has 0 aromatic heterocycles. The Morgan fingerprint density at radius 3 is 2.85 bits per heavy atom. The molecule has 112 valence electrons. The van der Waals surface area contributed by atoms with Crippen LogP contribution in [0.3, 0.4) is 0 Å². The molecule has 1 aliphatic rings. The number of aryl methyl sites for hydroxylation is 1. The highest BCUT2D eigenvalue weighted by molar-refractivity contribution is 9.10. The lowest BCUT2D eigenvalue weighted by Crippen LogP contribution is -2.27. The second-order valence-electron chi connectivity index (χ2n) is 5.43. The van der Waals surface area contributed by atoms with Crippen molar-refractivity contribution in [2.45, 2.75) is 51.2 Å². The highest BCUT2D eigenvalue weighted by Crippen LogP contribution is 2.22. The minimum atomic E-state index is -0.455. The van der Waals surface area contributed by atoms with E-state index in [1.807, 2.05) is 12.1 Å². The summed E-state index contributed by atoms with van der Waals surface area (Å²) in [5.41, 5.74) is 2.35. The fourth-order valence-corrected chi connectivity index (χ4v) is 3.02. The summed E-state index contributed by atoms with van der Waals surface area (Å²) in [5, 5.41) is 13.3. The Kier molecular flexibility index (Phi) is 6.33. The summed E-state index contributed by atoms with van der Waals surface area (Å²) in [6.45, 7) is 3.09. The molecule has 4 heteroatoms. The van der Waals surface area contributed by atoms with E-state index in [0.717, 1.165) is 29.4 Å². The summed E-state index contributed by atoms with van der Waals surface area (Å²) in [6, 6.07) is 6.18. The van der Waals surface area contributed by atoms with Crippen molar-refractivity contribution in [2.75, 3.05) is 18.5 Å². The van der Waals surface area contributed by atoms with E-state index in [0.29, 0.717) is 19.3 Å². The van der Waals surface area contributed by atoms with Crippen molar-refractivity contribution < 1.29 is 9.84 Å². The maximum Gasteiger partial charge on any atom is 0.0945 e. The molecule has 0 radical (unpaired) electrons. The minimum absolute atomic E-state index is 0.364. The molecule has 0 spiro atoms. The average molecular weight is 342 g/mol. The van der Waals surface area contributed by atoms with Gasteiger partial charge >= 0.3 is 0 Å². The van der Waals surface area contributed by atoms with Crippen molar-refractivity contribution in [3.63, 3.8) is 0 Å². The van der Waals surface area contributed by atoms with Gasteiger partial charge in [0.2, 0.25) is 0 Å². The van der Waals surface area contributed by atoms with Gasteiger partial charge in [-0.1, -0.05) is 35.7 Å². The fraction of sp³-hybridized carbons (Fsp3) is 0.625. The molecule has 1 atom stereocenters. The van der Waals surface area contributed by atoms with E-state index in [-0.39, 0.29) is 0 Å². The molecule has 0 bridgehead atoms. The third-order valence-corrected chi connectivity index (χ3v) is 4.30. The average Bonchev–Trinajstić information content (AvgIpc) is 2.97. The van der Waals surface area contributed by atoms with Gasteiger partial charge in [-0.2, -0.15) is 0 Å². The number of hydrogen-bond acceptors (Lipinski definition) is 3. The Hall–Kier alpha value is -0.580. The van der Waals surface area contributed by atoms with E-state index >= 15 is 0 Å². The maximum absolute atomic E-state index is 9.99. The van der Waals surface area contributed by atoms with Crippen LogP contribution in [0.4, 0.5) is 5.69 Å². The van der Waals surface area contributed by atoms with Gasteiger partial charge in [0, 0.05) is 16.7 Å². The first-order valence-corrected chi connectivity index (χ1v) is 8.30. The number of rotatable bonds is 7. The Labute approximate surface area is 129 Å².